The van der Waals surface area contributed by atoms with Crippen molar-refractivity contribution in [3.63, 3.8) is 0 Å². The van der Waals surface area contributed by atoms with Crippen molar-refractivity contribution in [2.45, 2.75) is 12.8 Å². The summed E-state index contributed by atoms with van der Waals surface area (Å²) in [7, 11) is 0. The van der Waals surface area contributed by atoms with Gasteiger partial charge in [0.05, 0.1) is 0 Å². The van der Waals surface area contributed by atoms with E-state index in [1.165, 1.54) is 5.39 Å². The Labute approximate surface area is 129 Å². The lowest BCUT2D eigenvalue weighted by molar-refractivity contribution is 0.544. The molecule has 0 radical (unpaired) electrons. The van der Waals surface area contributed by atoms with Crippen LogP contribution in [0.15, 0.2) is 39.7 Å². The van der Waals surface area contributed by atoms with Gasteiger partial charge in [-0.15, -0.1) is 24.0 Å². The van der Waals surface area contributed by atoms with Gasteiger partial charge in [-0.2, -0.15) is 0 Å². The molecule has 3 rings (SSSR count). The molecule has 2 aromatic rings. The van der Waals surface area contributed by atoms with Crippen molar-refractivity contribution in [2.24, 2.45) is 4.99 Å². The van der Waals surface area contributed by atoms with Gasteiger partial charge < -0.3 is 15.1 Å². The van der Waals surface area contributed by atoms with Crippen LogP contribution in [0.2, 0.25) is 0 Å². The van der Waals surface area contributed by atoms with Gasteiger partial charge in [0.2, 0.25) is 0 Å². The summed E-state index contributed by atoms with van der Waals surface area (Å²) in [6, 6.07) is 10.2. The quantitative estimate of drug-likeness (QED) is 0.816. The maximum absolute atomic E-state index is 5.76. The van der Waals surface area contributed by atoms with E-state index in [0.717, 1.165) is 49.8 Å². The number of nitrogens with one attached hydrogen (secondary N) is 2. The third-order valence-corrected chi connectivity index (χ3v) is 3.04. The van der Waals surface area contributed by atoms with Crippen molar-refractivity contribution in [1.29, 1.82) is 0 Å². The predicted octanol–water partition coefficient (Wildman–Crippen LogP) is 2.53. The summed E-state index contributed by atoms with van der Waals surface area (Å²) < 4.78 is 5.76. The average Bonchev–Trinajstić information content (AvgIpc) is 2.82. The van der Waals surface area contributed by atoms with Crippen molar-refractivity contribution < 1.29 is 4.42 Å². The fourth-order valence-corrected chi connectivity index (χ4v) is 2.12. The highest BCUT2D eigenvalue weighted by Gasteiger charge is 2.05. The number of hydrogen-bond acceptors (Lipinski definition) is 4. The maximum Gasteiger partial charge on any atom is 0.191 e. The van der Waals surface area contributed by atoms with E-state index < -0.39 is 0 Å². The first-order valence-corrected chi connectivity index (χ1v) is 6.41. The minimum atomic E-state index is 0. The van der Waals surface area contributed by atoms with Crippen LogP contribution in [0.25, 0.3) is 11.0 Å². The van der Waals surface area contributed by atoms with Crippen molar-refractivity contribution in [3.05, 3.63) is 36.1 Å². The molecule has 1 aliphatic heterocycles. The number of nitrogens with zero attached hydrogens (tertiary/aromatic N) is 1. The van der Waals surface area contributed by atoms with E-state index in [1.807, 2.05) is 18.2 Å². The molecule has 1 aromatic carbocycles. The highest BCUT2D eigenvalue weighted by atomic mass is 127. The van der Waals surface area contributed by atoms with Crippen LogP contribution in [0, 0.1) is 0 Å². The number of hydrogen-bond donors (Lipinski definition) is 2. The zero-order valence-corrected chi connectivity index (χ0v) is 13.0. The second kappa shape index (κ2) is 6.79. The van der Waals surface area contributed by atoms with Crippen LogP contribution in [-0.4, -0.2) is 25.6 Å². The molecule has 0 saturated carbocycles. The molecule has 0 fully saturated rings. The van der Waals surface area contributed by atoms with E-state index in [2.05, 4.69) is 27.8 Å². The van der Waals surface area contributed by atoms with Gasteiger partial charge >= 0.3 is 0 Å². The standard InChI is InChI=1S/C14H17N3O.HI/c1-2-5-13-11(4-1)10-12(18-13)6-9-17-14-15-7-3-8-16-14;/h1-2,4-5,10H,3,6-9H2,(H2,15,16,17);1H. The maximum atomic E-state index is 5.76. The molecule has 102 valence electrons. The molecule has 0 amide bonds. The molecular weight excluding hydrogens is 353 g/mol. The first-order valence-electron chi connectivity index (χ1n) is 6.41. The van der Waals surface area contributed by atoms with Crippen LogP contribution in [0.1, 0.15) is 12.2 Å². The van der Waals surface area contributed by atoms with Gasteiger partial charge in [-0.05, 0) is 18.6 Å². The van der Waals surface area contributed by atoms with Crippen LogP contribution in [0.5, 0.6) is 0 Å². The number of para-hydroxylation sites is 1. The van der Waals surface area contributed by atoms with E-state index in [4.69, 9.17) is 4.42 Å². The molecule has 0 bridgehead atoms. The summed E-state index contributed by atoms with van der Waals surface area (Å²) in [5, 5.41) is 7.70. The molecule has 0 atom stereocenters. The molecule has 19 heavy (non-hydrogen) atoms. The molecule has 0 unspecified atom stereocenters. The Morgan fingerprint density at radius 2 is 2.21 bits per heavy atom. The Morgan fingerprint density at radius 3 is 3.00 bits per heavy atom. The number of halogens is 1. The van der Waals surface area contributed by atoms with Crippen molar-refractivity contribution >= 4 is 40.9 Å². The second-order valence-electron chi connectivity index (χ2n) is 4.44. The monoisotopic (exact) mass is 371 g/mol. The zero-order chi connectivity index (χ0) is 12.2. The van der Waals surface area contributed by atoms with Crippen molar-refractivity contribution in [3.8, 4) is 0 Å². The first kappa shape index (κ1) is 14.2. The number of rotatable bonds is 3. The summed E-state index contributed by atoms with van der Waals surface area (Å²) in [6.45, 7) is 2.77. The Kier molecular flexibility index (Phi) is 5.07. The lowest BCUT2D eigenvalue weighted by atomic mass is 10.2. The SMILES string of the molecule is I.c1ccc2oc(CCNC3=NCCCN3)cc2c1. The Morgan fingerprint density at radius 1 is 1.32 bits per heavy atom. The third kappa shape index (κ3) is 3.62. The molecular formula is C14H18IN3O. The summed E-state index contributed by atoms with van der Waals surface area (Å²) >= 11 is 0. The van der Waals surface area contributed by atoms with Crippen LogP contribution in [0.3, 0.4) is 0 Å². The summed E-state index contributed by atoms with van der Waals surface area (Å²) in [5.74, 6) is 1.93. The van der Waals surface area contributed by atoms with Gasteiger partial charge in [-0.25, -0.2) is 0 Å². The highest BCUT2D eigenvalue weighted by molar-refractivity contribution is 14.0. The van der Waals surface area contributed by atoms with E-state index in [0.29, 0.717) is 0 Å². The molecule has 2 N–H and O–H groups in total. The first-order chi connectivity index (χ1) is 8.92. The molecule has 1 aliphatic rings. The number of fused-ring (bicyclic) bond motifs is 1. The second-order valence-corrected chi connectivity index (χ2v) is 4.44. The fourth-order valence-electron chi connectivity index (χ4n) is 2.12. The summed E-state index contributed by atoms with van der Waals surface area (Å²) in [4.78, 5) is 4.37. The number of aliphatic imine (C=N–C) groups is 1. The topological polar surface area (TPSA) is 49.6 Å². The molecule has 4 nitrogen and oxygen atoms in total. The lowest BCUT2D eigenvalue weighted by Gasteiger charge is -2.15. The van der Waals surface area contributed by atoms with Gasteiger partial charge in [0, 0.05) is 31.4 Å². The number of benzene rings is 1. The molecule has 0 spiro atoms. The van der Waals surface area contributed by atoms with E-state index >= 15 is 0 Å². The largest absolute Gasteiger partial charge is 0.461 e. The van der Waals surface area contributed by atoms with E-state index in [-0.39, 0.29) is 24.0 Å². The fraction of sp³-hybridized carbons (Fsp3) is 0.357. The lowest BCUT2D eigenvalue weighted by Crippen LogP contribution is -2.41. The highest BCUT2D eigenvalue weighted by Crippen LogP contribution is 2.18. The van der Waals surface area contributed by atoms with Crippen molar-refractivity contribution in [1.82, 2.24) is 10.6 Å². The minimum absolute atomic E-state index is 0. The zero-order valence-electron chi connectivity index (χ0n) is 10.7. The third-order valence-electron chi connectivity index (χ3n) is 3.04. The van der Waals surface area contributed by atoms with Crippen LogP contribution < -0.4 is 10.6 Å². The molecule has 2 heterocycles. The Balaban J connectivity index is 0.00000133. The summed E-state index contributed by atoms with van der Waals surface area (Å²) in [6.07, 6.45) is 1.99. The normalized spacial score (nSPS) is 14.4. The number of furan rings is 1. The van der Waals surface area contributed by atoms with Gasteiger partial charge in [0.25, 0.3) is 0 Å². The number of guanidine groups is 1. The Hall–Kier alpha value is -1.24. The van der Waals surface area contributed by atoms with Crippen LogP contribution in [0.4, 0.5) is 0 Å². The Bertz CT molecular complexity index is 532. The van der Waals surface area contributed by atoms with Crippen LogP contribution in [-0.2, 0) is 6.42 Å². The predicted molar refractivity (Wildman–Crippen MR) is 88.3 cm³/mol. The minimum Gasteiger partial charge on any atom is -0.461 e. The van der Waals surface area contributed by atoms with Crippen LogP contribution >= 0.6 is 24.0 Å². The molecule has 1 aromatic heterocycles. The van der Waals surface area contributed by atoms with Crippen molar-refractivity contribution in [2.75, 3.05) is 19.6 Å². The van der Waals surface area contributed by atoms with Gasteiger partial charge in [0.1, 0.15) is 11.3 Å². The van der Waals surface area contributed by atoms with E-state index in [9.17, 15) is 0 Å². The van der Waals surface area contributed by atoms with Gasteiger partial charge in [-0.3, -0.25) is 4.99 Å². The molecule has 0 aliphatic carbocycles. The smallest absolute Gasteiger partial charge is 0.191 e. The molecule has 5 heteroatoms. The van der Waals surface area contributed by atoms with Gasteiger partial charge in [-0.1, -0.05) is 18.2 Å². The van der Waals surface area contributed by atoms with Gasteiger partial charge in [0.15, 0.2) is 5.96 Å². The van der Waals surface area contributed by atoms with E-state index in [1.54, 1.807) is 0 Å². The molecule has 0 saturated heterocycles. The average molecular weight is 371 g/mol. The summed E-state index contributed by atoms with van der Waals surface area (Å²) in [5.41, 5.74) is 0.959.